The Hall–Kier alpha value is -0.650. The van der Waals surface area contributed by atoms with Gasteiger partial charge in [-0.05, 0) is 34.7 Å². The number of ether oxygens (including phenoxy) is 2. The first-order valence-electron chi connectivity index (χ1n) is 3.29. The van der Waals surface area contributed by atoms with Crippen LogP contribution in [0.4, 0.5) is 0 Å². The molecule has 0 bridgehead atoms. The molecule has 0 spiro atoms. The molecule has 1 rings (SSSR count). The molecule has 3 nitrogen and oxygen atoms in total. The SMILES string of the molecule is COc1cc(I)cc(O)c1OC. The van der Waals surface area contributed by atoms with Crippen LogP contribution in [0.2, 0.25) is 0 Å². The average Bonchev–Trinajstić information content (AvgIpc) is 2.03. The van der Waals surface area contributed by atoms with Crippen LogP contribution in [0.25, 0.3) is 0 Å². The molecule has 0 aliphatic rings. The standard InChI is InChI=1S/C8H9IO3/c1-11-7-4-5(9)3-6(10)8(7)12-2/h3-4,10H,1-2H3. The quantitative estimate of drug-likeness (QED) is 0.842. The van der Waals surface area contributed by atoms with E-state index in [0.29, 0.717) is 11.5 Å². The highest BCUT2D eigenvalue weighted by Crippen LogP contribution is 2.37. The largest absolute Gasteiger partial charge is 0.504 e. The monoisotopic (exact) mass is 280 g/mol. The van der Waals surface area contributed by atoms with Crippen LogP contribution < -0.4 is 9.47 Å². The molecule has 0 amide bonds. The Balaban J connectivity index is 3.24. The summed E-state index contributed by atoms with van der Waals surface area (Å²) in [5.41, 5.74) is 0. The van der Waals surface area contributed by atoms with Crippen LogP contribution in [0.15, 0.2) is 12.1 Å². The molecule has 0 aliphatic carbocycles. The Morgan fingerprint density at radius 1 is 1.25 bits per heavy atom. The van der Waals surface area contributed by atoms with E-state index in [4.69, 9.17) is 9.47 Å². The van der Waals surface area contributed by atoms with Crippen molar-refractivity contribution in [2.75, 3.05) is 14.2 Å². The van der Waals surface area contributed by atoms with E-state index in [0.717, 1.165) is 3.57 Å². The lowest BCUT2D eigenvalue weighted by Gasteiger charge is -2.08. The predicted molar refractivity (Wildman–Crippen MR) is 53.9 cm³/mol. The van der Waals surface area contributed by atoms with Crippen molar-refractivity contribution in [3.8, 4) is 17.2 Å². The van der Waals surface area contributed by atoms with Crippen LogP contribution in [0, 0.1) is 3.57 Å². The summed E-state index contributed by atoms with van der Waals surface area (Å²) in [4.78, 5) is 0. The molecule has 0 aromatic heterocycles. The number of hydrogen-bond donors (Lipinski definition) is 1. The zero-order valence-electron chi connectivity index (χ0n) is 6.80. The van der Waals surface area contributed by atoms with Gasteiger partial charge in [-0.3, -0.25) is 0 Å². The van der Waals surface area contributed by atoms with Crippen molar-refractivity contribution in [1.82, 2.24) is 0 Å². The van der Waals surface area contributed by atoms with Gasteiger partial charge in [0.05, 0.1) is 14.2 Å². The average molecular weight is 280 g/mol. The molecule has 4 heteroatoms. The van der Waals surface area contributed by atoms with Gasteiger partial charge in [0.1, 0.15) is 0 Å². The number of rotatable bonds is 2. The molecule has 0 atom stereocenters. The van der Waals surface area contributed by atoms with Crippen molar-refractivity contribution in [2.45, 2.75) is 0 Å². The molecule has 12 heavy (non-hydrogen) atoms. The molecule has 0 unspecified atom stereocenters. The molecule has 0 fully saturated rings. The molecule has 0 heterocycles. The van der Waals surface area contributed by atoms with Crippen molar-refractivity contribution in [3.05, 3.63) is 15.7 Å². The van der Waals surface area contributed by atoms with E-state index in [-0.39, 0.29) is 5.75 Å². The Morgan fingerprint density at radius 2 is 1.92 bits per heavy atom. The molecule has 0 saturated heterocycles. The lowest BCUT2D eigenvalue weighted by atomic mass is 10.3. The number of hydrogen-bond acceptors (Lipinski definition) is 3. The van der Waals surface area contributed by atoms with E-state index in [1.54, 1.807) is 12.1 Å². The summed E-state index contributed by atoms with van der Waals surface area (Å²) in [6, 6.07) is 3.40. The first kappa shape index (κ1) is 9.44. The third-order valence-corrected chi connectivity index (χ3v) is 2.05. The van der Waals surface area contributed by atoms with Gasteiger partial charge >= 0.3 is 0 Å². The van der Waals surface area contributed by atoms with Crippen molar-refractivity contribution in [1.29, 1.82) is 0 Å². The minimum Gasteiger partial charge on any atom is -0.504 e. The summed E-state index contributed by atoms with van der Waals surface area (Å²) in [5, 5.41) is 9.39. The van der Waals surface area contributed by atoms with Crippen LogP contribution in [0.1, 0.15) is 0 Å². The third kappa shape index (κ3) is 1.74. The number of benzene rings is 1. The molecular formula is C8H9IO3. The number of aromatic hydroxyl groups is 1. The molecular weight excluding hydrogens is 271 g/mol. The van der Waals surface area contributed by atoms with E-state index < -0.39 is 0 Å². The Bertz CT molecular complexity index is 286. The van der Waals surface area contributed by atoms with E-state index >= 15 is 0 Å². The van der Waals surface area contributed by atoms with Gasteiger partial charge in [-0.25, -0.2) is 0 Å². The Kier molecular flexibility index (Phi) is 3.02. The topological polar surface area (TPSA) is 38.7 Å². The van der Waals surface area contributed by atoms with Crippen LogP contribution in [0.5, 0.6) is 17.2 Å². The van der Waals surface area contributed by atoms with Crippen molar-refractivity contribution in [3.63, 3.8) is 0 Å². The van der Waals surface area contributed by atoms with E-state index in [1.807, 2.05) is 0 Å². The van der Waals surface area contributed by atoms with Gasteiger partial charge in [0.15, 0.2) is 11.5 Å². The van der Waals surface area contributed by atoms with Crippen LogP contribution in [-0.4, -0.2) is 19.3 Å². The lowest BCUT2D eigenvalue weighted by molar-refractivity contribution is 0.332. The Morgan fingerprint density at radius 3 is 2.42 bits per heavy atom. The number of phenolic OH excluding ortho intramolecular Hbond substituents is 1. The van der Waals surface area contributed by atoms with Gasteiger partial charge in [0.2, 0.25) is 5.75 Å². The van der Waals surface area contributed by atoms with Crippen molar-refractivity contribution < 1.29 is 14.6 Å². The fourth-order valence-corrected chi connectivity index (χ4v) is 1.49. The molecule has 1 aromatic carbocycles. The zero-order valence-corrected chi connectivity index (χ0v) is 8.95. The smallest absolute Gasteiger partial charge is 0.203 e. The van der Waals surface area contributed by atoms with E-state index in [1.165, 1.54) is 14.2 Å². The maximum Gasteiger partial charge on any atom is 0.203 e. The summed E-state index contributed by atoms with van der Waals surface area (Å²) in [5.74, 6) is 1.01. The molecule has 0 saturated carbocycles. The second-order valence-corrected chi connectivity index (χ2v) is 3.41. The van der Waals surface area contributed by atoms with Crippen molar-refractivity contribution >= 4 is 22.6 Å². The van der Waals surface area contributed by atoms with E-state index in [2.05, 4.69) is 22.6 Å². The highest BCUT2D eigenvalue weighted by atomic mass is 127. The maximum atomic E-state index is 9.39. The maximum absolute atomic E-state index is 9.39. The van der Waals surface area contributed by atoms with E-state index in [9.17, 15) is 5.11 Å². The fourth-order valence-electron chi connectivity index (χ4n) is 0.912. The summed E-state index contributed by atoms with van der Waals surface area (Å²) in [6.45, 7) is 0. The van der Waals surface area contributed by atoms with Gasteiger partial charge in [-0.2, -0.15) is 0 Å². The number of phenols is 1. The first-order valence-corrected chi connectivity index (χ1v) is 4.37. The summed E-state index contributed by atoms with van der Waals surface area (Å²) >= 11 is 2.09. The van der Waals surface area contributed by atoms with Gasteiger partial charge in [-0.15, -0.1) is 0 Å². The lowest BCUT2D eigenvalue weighted by Crippen LogP contribution is -1.91. The highest BCUT2D eigenvalue weighted by Gasteiger charge is 2.09. The third-order valence-electron chi connectivity index (χ3n) is 1.42. The summed E-state index contributed by atoms with van der Waals surface area (Å²) in [7, 11) is 3.03. The molecule has 1 N–H and O–H groups in total. The first-order chi connectivity index (χ1) is 5.69. The predicted octanol–water partition coefficient (Wildman–Crippen LogP) is 2.01. The number of methoxy groups -OCH3 is 2. The van der Waals surface area contributed by atoms with Gasteiger partial charge in [0, 0.05) is 3.57 Å². The Labute approximate surface area is 84.4 Å². The normalized spacial score (nSPS) is 9.58. The highest BCUT2D eigenvalue weighted by molar-refractivity contribution is 14.1. The minimum atomic E-state index is 0.0984. The van der Waals surface area contributed by atoms with Crippen LogP contribution in [0.3, 0.4) is 0 Å². The van der Waals surface area contributed by atoms with Crippen LogP contribution in [-0.2, 0) is 0 Å². The fraction of sp³-hybridized carbons (Fsp3) is 0.250. The second kappa shape index (κ2) is 3.84. The molecule has 1 aromatic rings. The number of halogens is 1. The zero-order chi connectivity index (χ0) is 9.14. The summed E-state index contributed by atoms with van der Waals surface area (Å²) < 4.78 is 10.9. The van der Waals surface area contributed by atoms with Crippen LogP contribution >= 0.6 is 22.6 Å². The van der Waals surface area contributed by atoms with Crippen molar-refractivity contribution in [2.24, 2.45) is 0 Å². The molecule has 0 aliphatic heterocycles. The van der Waals surface area contributed by atoms with Gasteiger partial charge in [-0.1, -0.05) is 0 Å². The molecule has 66 valence electrons. The molecule has 0 radical (unpaired) electrons. The van der Waals surface area contributed by atoms with Gasteiger partial charge < -0.3 is 14.6 Å². The summed E-state index contributed by atoms with van der Waals surface area (Å²) in [6.07, 6.45) is 0. The second-order valence-electron chi connectivity index (χ2n) is 2.16. The minimum absolute atomic E-state index is 0.0984. The van der Waals surface area contributed by atoms with Gasteiger partial charge in [0.25, 0.3) is 0 Å².